The summed E-state index contributed by atoms with van der Waals surface area (Å²) in [4.78, 5) is 10.1. The molecule has 0 aliphatic rings. The van der Waals surface area contributed by atoms with Gasteiger partial charge in [0.1, 0.15) is 22.3 Å². The summed E-state index contributed by atoms with van der Waals surface area (Å²) in [5, 5.41) is 20.2. The molecule has 1 N–H and O–H groups in total. The lowest BCUT2D eigenvalue weighted by molar-refractivity contribution is -0.384. The maximum absolute atomic E-state index is 13.2. The number of nitro groups is 1. The predicted molar refractivity (Wildman–Crippen MR) is 75.2 cm³/mol. The van der Waals surface area contributed by atoms with Gasteiger partial charge in [-0.25, -0.2) is 4.39 Å². The molecule has 0 bridgehead atoms. The maximum Gasteiger partial charge on any atom is 0.288 e. The Morgan fingerprint density at radius 2 is 2.05 bits per heavy atom. The first-order valence-corrected chi connectivity index (χ1v) is 6.35. The molecule has 0 aliphatic heterocycles. The smallest absolute Gasteiger partial charge is 0.288 e. The largest absolute Gasteiger partial charge is 0.457 e. The van der Waals surface area contributed by atoms with Gasteiger partial charge < -0.3 is 9.84 Å². The number of hydrogen-bond acceptors (Lipinski definition) is 4. The van der Waals surface area contributed by atoms with E-state index in [1.165, 1.54) is 37.3 Å². The van der Waals surface area contributed by atoms with Crippen molar-refractivity contribution in [3.8, 4) is 11.5 Å². The number of nitro benzene ring substituents is 1. The van der Waals surface area contributed by atoms with Gasteiger partial charge in [-0.3, -0.25) is 10.1 Å². The number of aliphatic hydroxyl groups excluding tert-OH is 1. The van der Waals surface area contributed by atoms with Crippen LogP contribution in [0.4, 0.5) is 10.1 Å². The molecule has 0 saturated heterocycles. The fourth-order valence-corrected chi connectivity index (χ4v) is 2.00. The average Bonchev–Trinajstić information content (AvgIpc) is 2.40. The minimum atomic E-state index is -0.927. The first-order chi connectivity index (χ1) is 9.88. The SMILES string of the molecule is CC(O)c1cc(F)ccc1Oc1ccc([N+](=O)[O-])c(Cl)c1. The van der Waals surface area contributed by atoms with Crippen LogP contribution in [0.15, 0.2) is 36.4 Å². The van der Waals surface area contributed by atoms with E-state index in [1.54, 1.807) is 0 Å². The van der Waals surface area contributed by atoms with E-state index >= 15 is 0 Å². The molecule has 0 fully saturated rings. The molecule has 0 radical (unpaired) electrons. The Kier molecular flexibility index (Phi) is 4.40. The highest BCUT2D eigenvalue weighted by Gasteiger charge is 2.15. The molecule has 2 aromatic rings. The lowest BCUT2D eigenvalue weighted by Crippen LogP contribution is -1.97. The van der Waals surface area contributed by atoms with Gasteiger partial charge in [0.2, 0.25) is 0 Å². The van der Waals surface area contributed by atoms with Crippen molar-refractivity contribution in [1.82, 2.24) is 0 Å². The van der Waals surface area contributed by atoms with E-state index in [0.29, 0.717) is 0 Å². The van der Waals surface area contributed by atoms with Crippen LogP contribution in [0.2, 0.25) is 5.02 Å². The molecule has 7 heteroatoms. The highest BCUT2D eigenvalue weighted by Crippen LogP contribution is 2.34. The fourth-order valence-electron chi connectivity index (χ4n) is 1.76. The molecule has 0 aromatic heterocycles. The molecule has 21 heavy (non-hydrogen) atoms. The van der Waals surface area contributed by atoms with Gasteiger partial charge in [-0.05, 0) is 31.2 Å². The third-order valence-electron chi connectivity index (χ3n) is 2.77. The van der Waals surface area contributed by atoms with Crippen molar-refractivity contribution in [3.05, 3.63) is 62.9 Å². The van der Waals surface area contributed by atoms with Gasteiger partial charge in [-0.1, -0.05) is 11.6 Å². The normalized spacial score (nSPS) is 12.0. The third-order valence-corrected chi connectivity index (χ3v) is 3.07. The van der Waals surface area contributed by atoms with Crippen molar-refractivity contribution in [3.63, 3.8) is 0 Å². The number of halogens is 2. The Labute approximate surface area is 124 Å². The van der Waals surface area contributed by atoms with Crippen LogP contribution >= 0.6 is 11.6 Å². The van der Waals surface area contributed by atoms with Crippen molar-refractivity contribution in [2.75, 3.05) is 0 Å². The Morgan fingerprint density at radius 3 is 2.62 bits per heavy atom. The van der Waals surface area contributed by atoms with Crippen LogP contribution in [-0.2, 0) is 0 Å². The number of hydrogen-bond donors (Lipinski definition) is 1. The van der Waals surface area contributed by atoms with Crippen LogP contribution in [0.25, 0.3) is 0 Å². The average molecular weight is 312 g/mol. The third kappa shape index (κ3) is 3.48. The highest BCUT2D eigenvalue weighted by atomic mass is 35.5. The van der Waals surface area contributed by atoms with Gasteiger partial charge in [0.05, 0.1) is 11.0 Å². The minimum absolute atomic E-state index is 0.0711. The Balaban J connectivity index is 2.34. The first-order valence-electron chi connectivity index (χ1n) is 5.98. The van der Waals surface area contributed by atoms with Gasteiger partial charge in [-0.15, -0.1) is 0 Å². The van der Waals surface area contributed by atoms with Gasteiger partial charge >= 0.3 is 0 Å². The summed E-state index contributed by atoms with van der Waals surface area (Å²) in [6, 6.07) is 7.59. The second-order valence-corrected chi connectivity index (χ2v) is 4.74. The van der Waals surface area contributed by atoms with E-state index in [1.807, 2.05) is 0 Å². The standard InChI is InChI=1S/C14H11ClFNO4/c1-8(18)11-6-9(16)2-5-14(11)21-10-3-4-13(17(19)20)12(15)7-10/h2-8,18H,1H3. The van der Waals surface area contributed by atoms with Crippen LogP contribution in [-0.4, -0.2) is 10.0 Å². The molecule has 1 unspecified atom stereocenters. The number of ether oxygens (including phenoxy) is 1. The Bertz CT molecular complexity index is 691. The van der Waals surface area contributed by atoms with Crippen LogP contribution in [0.3, 0.4) is 0 Å². The summed E-state index contributed by atoms with van der Waals surface area (Å²) in [6.07, 6.45) is -0.927. The Hall–Kier alpha value is -2.18. The zero-order valence-corrected chi connectivity index (χ0v) is 11.7. The molecule has 0 heterocycles. The number of nitrogens with zero attached hydrogens (tertiary/aromatic N) is 1. The van der Waals surface area contributed by atoms with E-state index in [9.17, 15) is 19.6 Å². The van der Waals surface area contributed by atoms with E-state index < -0.39 is 16.8 Å². The number of rotatable bonds is 4. The van der Waals surface area contributed by atoms with Crippen molar-refractivity contribution >= 4 is 17.3 Å². The molecule has 5 nitrogen and oxygen atoms in total. The maximum atomic E-state index is 13.2. The van der Waals surface area contributed by atoms with Gasteiger partial charge in [-0.2, -0.15) is 0 Å². The van der Waals surface area contributed by atoms with Gasteiger partial charge in [0, 0.05) is 17.7 Å². The second-order valence-electron chi connectivity index (χ2n) is 4.33. The van der Waals surface area contributed by atoms with Crippen LogP contribution < -0.4 is 4.74 Å². The molecule has 1 atom stereocenters. The molecule has 2 aromatic carbocycles. The molecule has 0 saturated carbocycles. The molecule has 110 valence electrons. The van der Waals surface area contributed by atoms with E-state index in [0.717, 1.165) is 6.07 Å². The minimum Gasteiger partial charge on any atom is -0.457 e. The van der Waals surface area contributed by atoms with Crippen molar-refractivity contribution < 1.29 is 19.2 Å². The van der Waals surface area contributed by atoms with Crippen molar-refractivity contribution in [2.24, 2.45) is 0 Å². The van der Waals surface area contributed by atoms with Gasteiger partial charge in [0.15, 0.2) is 0 Å². The summed E-state index contributed by atoms with van der Waals surface area (Å²) < 4.78 is 18.7. The molecular weight excluding hydrogens is 301 g/mol. The summed E-state index contributed by atoms with van der Waals surface area (Å²) in [5.74, 6) is -0.00425. The summed E-state index contributed by atoms with van der Waals surface area (Å²) in [6.45, 7) is 1.48. The van der Waals surface area contributed by atoms with Crippen LogP contribution in [0.1, 0.15) is 18.6 Å². The predicted octanol–water partition coefficient (Wildman–Crippen LogP) is 4.23. The monoisotopic (exact) mass is 311 g/mol. The quantitative estimate of drug-likeness (QED) is 0.677. The molecule has 2 rings (SSSR count). The molecule has 0 amide bonds. The lowest BCUT2D eigenvalue weighted by atomic mass is 10.1. The van der Waals surface area contributed by atoms with E-state index in [4.69, 9.17) is 16.3 Å². The highest BCUT2D eigenvalue weighted by molar-refractivity contribution is 6.32. The van der Waals surface area contributed by atoms with Gasteiger partial charge in [0.25, 0.3) is 5.69 Å². The Morgan fingerprint density at radius 1 is 1.33 bits per heavy atom. The van der Waals surface area contributed by atoms with Crippen LogP contribution in [0, 0.1) is 15.9 Å². The molecular formula is C14H11ClFNO4. The topological polar surface area (TPSA) is 72.6 Å². The number of aliphatic hydroxyl groups is 1. The van der Waals surface area contributed by atoms with Crippen LogP contribution in [0.5, 0.6) is 11.5 Å². The first kappa shape index (κ1) is 15.2. The second kappa shape index (κ2) is 6.07. The fraction of sp³-hybridized carbons (Fsp3) is 0.143. The molecule has 0 spiro atoms. The summed E-state index contributed by atoms with van der Waals surface area (Å²) in [5.41, 5.74) is 0.0309. The zero-order chi connectivity index (χ0) is 15.6. The lowest BCUT2D eigenvalue weighted by Gasteiger charge is -2.13. The zero-order valence-electron chi connectivity index (χ0n) is 10.9. The number of benzene rings is 2. The summed E-state index contributed by atoms with van der Waals surface area (Å²) >= 11 is 5.79. The molecule has 0 aliphatic carbocycles. The van der Waals surface area contributed by atoms with Crippen molar-refractivity contribution in [1.29, 1.82) is 0 Å². The van der Waals surface area contributed by atoms with E-state index in [-0.39, 0.29) is 27.8 Å². The summed E-state index contributed by atoms with van der Waals surface area (Å²) in [7, 11) is 0. The van der Waals surface area contributed by atoms with E-state index in [2.05, 4.69) is 0 Å². The van der Waals surface area contributed by atoms with Crippen molar-refractivity contribution in [2.45, 2.75) is 13.0 Å².